The minimum atomic E-state index is -0.307. The van der Waals surface area contributed by atoms with Crippen LogP contribution >= 0.6 is 0 Å². The molecule has 0 unspecified atom stereocenters. The molecule has 1 saturated heterocycles. The molecule has 4 heteroatoms. The van der Waals surface area contributed by atoms with E-state index in [-0.39, 0.29) is 29.4 Å². The number of anilines is 1. The van der Waals surface area contributed by atoms with Crippen LogP contribution in [0.4, 0.5) is 5.69 Å². The van der Waals surface area contributed by atoms with Gasteiger partial charge in [-0.2, -0.15) is 0 Å². The first-order valence-corrected chi connectivity index (χ1v) is 9.51. The summed E-state index contributed by atoms with van der Waals surface area (Å²) < 4.78 is 0. The number of fused-ring (bicyclic) bond motifs is 1. The zero-order chi connectivity index (χ0) is 20.0. The molecule has 0 bridgehead atoms. The topological polar surface area (TPSA) is 60.8 Å². The number of phenolic OH excluding ortho intramolecular Hbond substituents is 2. The lowest BCUT2D eigenvalue weighted by atomic mass is 9.77. The molecule has 1 amide bonds. The van der Waals surface area contributed by atoms with Crippen molar-refractivity contribution in [3.8, 4) is 11.5 Å². The number of nitrogens with zero attached hydrogens (tertiary/aromatic N) is 1. The van der Waals surface area contributed by atoms with E-state index in [1.165, 1.54) is 0 Å². The summed E-state index contributed by atoms with van der Waals surface area (Å²) in [5.74, 6) is 0.0637. The van der Waals surface area contributed by atoms with Gasteiger partial charge in [0.15, 0.2) is 0 Å². The van der Waals surface area contributed by atoms with Gasteiger partial charge in [-0.25, -0.2) is 0 Å². The Hall–Kier alpha value is -3.79. The van der Waals surface area contributed by atoms with Crippen molar-refractivity contribution in [1.82, 2.24) is 0 Å². The zero-order valence-corrected chi connectivity index (χ0v) is 15.6. The second-order valence-corrected chi connectivity index (χ2v) is 7.35. The van der Waals surface area contributed by atoms with Crippen molar-refractivity contribution in [2.75, 3.05) is 4.90 Å². The summed E-state index contributed by atoms with van der Waals surface area (Å²) in [5, 5.41) is 21.5. The van der Waals surface area contributed by atoms with Crippen molar-refractivity contribution in [2.45, 2.75) is 12.0 Å². The fraction of sp³-hybridized carbons (Fsp3) is 0.0800. The molecule has 0 aromatic heterocycles. The molecule has 0 radical (unpaired) electrons. The Labute approximate surface area is 168 Å². The first-order chi connectivity index (χ1) is 14.1. The van der Waals surface area contributed by atoms with Crippen molar-refractivity contribution in [1.29, 1.82) is 0 Å². The van der Waals surface area contributed by atoms with E-state index >= 15 is 0 Å². The first-order valence-electron chi connectivity index (χ1n) is 9.51. The van der Waals surface area contributed by atoms with Gasteiger partial charge < -0.3 is 15.1 Å². The number of hydrogen-bond acceptors (Lipinski definition) is 3. The molecule has 0 spiro atoms. The second kappa shape index (κ2) is 6.67. The van der Waals surface area contributed by atoms with Gasteiger partial charge in [0.1, 0.15) is 11.5 Å². The molecule has 4 nitrogen and oxygen atoms in total. The number of aromatic hydroxyl groups is 2. The van der Waals surface area contributed by atoms with Crippen LogP contribution in [0.2, 0.25) is 0 Å². The maximum Gasteiger partial charge on any atom is 0.237 e. The zero-order valence-electron chi connectivity index (χ0n) is 15.6. The van der Waals surface area contributed by atoms with E-state index in [4.69, 9.17) is 0 Å². The summed E-state index contributed by atoms with van der Waals surface area (Å²) in [4.78, 5) is 15.0. The second-order valence-electron chi connectivity index (χ2n) is 7.35. The van der Waals surface area contributed by atoms with Crippen LogP contribution in [0.15, 0.2) is 91.0 Å². The maximum atomic E-state index is 13.2. The number of benzene rings is 4. The third-order valence-electron chi connectivity index (χ3n) is 5.59. The van der Waals surface area contributed by atoms with Crippen LogP contribution in [0.5, 0.6) is 11.5 Å². The molecule has 1 aliphatic heterocycles. The number of amides is 1. The van der Waals surface area contributed by atoms with E-state index in [0.29, 0.717) is 0 Å². The van der Waals surface area contributed by atoms with Crippen LogP contribution in [0.3, 0.4) is 0 Å². The quantitative estimate of drug-likeness (QED) is 0.484. The Morgan fingerprint density at radius 2 is 1.24 bits per heavy atom. The van der Waals surface area contributed by atoms with E-state index in [1.54, 1.807) is 41.3 Å². The first kappa shape index (κ1) is 17.3. The minimum absolute atomic E-state index is 0.0176. The summed E-state index contributed by atoms with van der Waals surface area (Å²) >= 11 is 0. The van der Waals surface area contributed by atoms with Crippen LogP contribution in [-0.4, -0.2) is 16.1 Å². The number of phenols is 2. The van der Waals surface area contributed by atoms with Gasteiger partial charge in [0, 0.05) is 5.69 Å². The molecule has 2 N–H and O–H groups in total. The summed E-state index contributed by atoms with van der Waals surface area (Å²) in [7, 11) is 0. The van der Waals surface area contributed by atoms with Gasteiger partial charge in [-0.1, -0.05) is 54.6 Å². The molecule has 29 heavy (non-hydrogen) atoms. The van der Waals surface area contributed by atoms with E-state index in [1.807, 2.05) is 30.3 Å². The Morgan fingerprint density at radius 3 is 1.93 bits per heavy atom. The fourth-order valence-corrected chi connectivity index (χ4v) is 4.13. The highest BCUT2D eigenvalue weighted by Gasteiger charge is 2.49. The molecule has 1 heterocycles. The predicted molar refractivity (Wildman–Crippen MR) is 113 cm³/mol. The Morgan fingerprint density at radius 1 is 0.655 bits per heavy atom. The Balaban J connectivity index is 1.60. The van der Waals surface area contributed by atoms with Crippen molar-refractivity contribution in [3.63, 3.8) is 0 Å². The summed E-state index contributed by atoms with van der Waals surface area (Å²) in [6.45, 7) is 0. The van der Waals surface area contributed by atoms with Gasteiger partial charge in [-0.05, 0) is 58.3 Å². The molecular weight excluding hydrogens is 362 g/mol. The normalized spacial score (nSPS) is 18.6. The van der Waals surface area contributed by atoms with E-state index in [0.717, 1.165) is 27.6 Å². The van der Waals surface area contributed by atoms with Gasteiger partial charge in [0.2, 0.25) is 5.91 Å². The van der Waals surface area contributed by atoms with E-state index < -0.39 is 0 Å². The summed E-state index contributed by atoms with van der Waals surface area (Å²) in [6, 6.07) is 27.7. The summed E-state index contributed by atoms with van der Waals surface area (Å²) in [6.07, 6.45) is 0. The van der Waals surface area contributed by atoms with Gasteiger partial charge >= 0.3 is 0 Å². The van der Waals surface area contributed by atoms with Gasteiger partial charge in [0.05, 0.1) is 12.0 Å². The van der Waals surface area contributed by atoms with Crippen LogP contribution in [0.1, 0.15) is 23.1 Å². The maximum absolute atomic E-state index is 13.2. The van der Waals surface area contributed by atoms with Crippen molar-refractivity contribution < 1.29 is 15.0 Å². The highest BCUT2D eigenvalue weighted by Crippen LogP contribution is 2.49. The lowest BCUT2D eigenvalue weighted by Gasteiger charge is -2.47. The van der Waals surface area contributed by atoms with E-state index in [2.05, 4.69) is 24.3 Å². The van der Waals surface area contributed by atoms with Gasteiger partial charge in [0.25, 0.3) is 0 Å². The molecule has 1 aliphatic rings. The predicted octanol–water partition coefficient (Wildman–Crippen LogP) is 5.12. The van der Waals surface area contributed by atoms with E-state index in [9.17, 15) is 15.0 Å². The molecular formula is C25H19NO3. The molecule has 5 rings (SSSR count). The molecule has 142 valence electrons. The number of β-lactam (4-membered cyclic amide) rings is 1. The standard InChI is InChI=1S/C25H19NO3/c27-21-11-7-17(8-12-21)24-23(19-6-5-16-3-1-2-4-18(16)15-19)25(29)26(24)20-9-13-22(28)14-10-20/h1-15,23-24,27-28H/t23-,24-/m0/s1. The number of hydrogen-bond donors (Lipinski definition) is 2. The lowest BCUT2D eigenvalue weighted by molar-refractivity contribution is -0.126. The fourth-order valence-electron chi connectivity index (χ4n) is 4.13. The average molecular weight is 381 g/mol. The molecule has 1 fully saturated rings. The molecule has 4 aromatic carbocycles. The number of carbonyl (C=O) groups excluding carboxylic acids is 1. The molecule has 0 saturated carbocycles. The average Bonchev–Trinajstić information content (AvgIpc) is 2.74. The third-order valence-corrected chi connectivity index (χ3v) is 5.59. The highest BCUT2D eigenvalue weighted by atomic mass is 16.3. The minimum Gasteiger partial charge on any atom is -0.508 e. The van der Waals surface area contributed by atoms with Crippen LogP contribution in [-0.2, 0) is 4.79 Å². The monoisotopic (exact) mass is 381 g/mol. The Kier molecular flexibility index (Phi) is 3.98. The lowest BCUT2D eigenvalue weighted by Crippen LogP contribution is -2.53. The highest BCUT2D eigenvalue weighted by molar-refractivity contribution is 6.07. The van der Waals surface area contributed by atoms with Crippen molar-refractivity contribution in [3.05, 3.63) is 102 Å². The number of rotatable bonds is 3. The largest absolute Gasteiger partial charge is 0.508 e. The van der Waals surface area contributed by atoms with Crippen molar-refractivity contribution >= 4 is 22.4 Å². The van der Waals surface area contributed by atoms with Crippen LogP contribution in [0, 0.1) is 0 Å². The molecule has 2 atom stereocenters. The molecule has 4 aromatic rings. The Bertz CT molecular complexity index is 1200. The third kappa shape index (κ3) is 2.90. The van der Waals surface area contributed by atoms with Crippen LogP contribution < -0.4 is 4.90 Å². The van der Waals surface area contributed by atoms with Crippen LogP contribution in [0.25, 0.3) is 10.8 Å². The molecule has 0 aliphatic carbocycles. The SMILES string of the molecule is O=C1[C@@H](c2ccc3ccccc3c2)[C@H](c2ccc(O)cc2)N1c1ccc(O)cc1. The summed E-state index contributed by atoms with van der Waals surface area (Å²) in [5.41, 5.74) is 2.67. The van der Waals surface area contributed by atoms with Gasteiger partial charge in [-0.3, -0.25) is 4.79 Å². The van der Waals surface area contributed by atoms with Gasteiger partial charge in [-0.15, -0.1) is 0 Å². The smallest absolute Gasteiger partial charge is 0.237 e. The van der Waals surface area contributed by atoms with Crippen molar-refractivity contribution in [2.24, 2.45) is 0 Å². The number of carbonyl (C=O) groups is 1.